The molecular weight excluding hydrogens is 531 g/mol. The highest BCUT2D eigenvalue weighted by atomic mass is 35.5. The zero-order valence-electron chi connectivity index (χ0n) is 18.8. The fourth-order valence-electron chi connectivity index (χ4n) is 4.13. The molecule has 7 nitrogen and oxygen atoms in total. The minimum absolute atomic E-state index is 0.0373. The summed E-state index contributed by atoms with van der Waals surface area (Å²) in [5.74, 6) is -0.565. The minimum Gasteiger partial charge on any atom is -0.384 e. The highest BCUT2D eigenvalue weighted by molar-refractivity contribution is 7.89. The molecule has 1 unspecified atom stereocenters. The Bertz CT molecular complexity index is 1340. The van der Waals surface area contributed by atoms with Gasteiger partial charge in [-0.3, -0.25) is 9.78 Å². The van der Waals surface area contributed by atoms with Gasteiger partial charge in [-0.25, -0.2) is 8.42 Å². The molecule has 0 radical (unpaired) electrons. The number of aromatic nitrogens is 1. The number of anilines is 1. The quantitative estimate of drug-likeness (QED) is 0.372. The molecule has 2 heterocycles. The average molecular weight is 556 g/mol. The van der Waals surface area contributed by atoms with Crippen molar-refractivity contribution >= 4 is 67.3 Å². The van der Waals surface area contributed by atoms with Crippen molar-refractivity contribution in [1.82, 2.24) is 14.6 Å². The standard InChI is InChI=1S/C24H25Cl3N4O3S/c25-17-4-6-19-21(8-11-29-22(19)13-17)28-9-2-10-30-24(32)16-3-1-12-31(15-16)35(33,34)23-14-18(26)5-7-20(23)27/h4-8,11,13-14,16H,1-3,9-10,12,15H2,(H,28,29)(H,30,32). The summed E-state index contributed by atoms with van der Waals surface area (Å²) in [7, 11) is -3.85. The zero-order chi connectivity index (χ0) is 25.0. The number of hydrogen-bond acceptors (Lipinski definition) is 5. The molecule has 1 aromatic heterocycles. The summed E-state index contributed by atoms with van der Waals surface area (Å²) in [5, 5.41) is 8.32. The number of carbonyl (C=O) groups excluding carboxylic acids is 1. The predicted octanol–water partition coefficient (Wildman–Crippen LogP) is 5.21. The largest absolute Gasteiger partial charge is 0.384 e. The Kier molecular flexibility index (Phi) is 8.39. The molecule has 3 aromatic rings. The van der Waals surface area contributed by atoms with Crippen LogP contribution in [0.15, 0.2) is 53.6 Å². The number of halogens is 3. The lowest BCUT2D eigenvalue weighted by Crippen LogP contribution is -2.45. The molecule has 186 valence electrons. The molecule has 1 aliphatic rings. The maximum absolute atomic E-state index is 13.1. The van der Waals surface area contributed by atoms with E-state index >= 15 is 0 Å². The van der Waals surface area contributed by atoms with Crippen molar-refractivity contribution in [2.45, 2.75) is 24.2 Å². The average Bonchev–Trinajstić information content (AvgIpc) is 2.85. The fraction of sp³-hybridized carbons (Fsp3) is 0.333. The van der Waals surface area contributed by atoms with E-state index in [-0.39, 0.29) is 27.4 Å². The second-order valence-corrected chi connectivity index (χ2v) is 11.6. The van der Waals surface area contributed by atoms with Crippen LogP contribution in [-0.2, 0) is 14.8 Å². The Morgan fingerprint density at radius 1 is 1.06 bits per heavy atom. The van der Waals surface area contributed by atoms with Gasteiger partial charge >= 0.3 is 0 Å². The molecule has 2 aromatic carbocycles. The van der Waals surface area contributed by atoms with E-state index in [9.17, 15) is 13.2 Å². The molecule has 2 N–H and O–H groups in total. The van der Waals surface area contributed by atoms with Crippen LogP contribution in [0.3, 0.4) is 0 Å². The number of benzene rings is 2. The Morgan fingerprint density at radius 2 is 1.83 bits per heavy atom. The fourth-order valence-corrected chi connectivity index (χ4v) is 6.56. The number of rotatable bonds is 8. The normalized spacial score (nSPS) is 16.8. The first-order valence-electron chi connectivity index (χ1n) is 11.3. The summed E-state index contributed by atoms with van der Waals surface area (Å²) >= 11 is 18.1. The SMILES string of the molecule is O=C(NCCCNc1ccnc2cc(Cl)ccc12)C1CCCN(S(=O)(=O)c2cc(Cl)ccc2Cl)C1. The van der Waals surface area contributed by atoms with Crippen molar-refractivity contribution in [2.75, 3.05) is 31.5 Å². The summed E-state index contributed by atoms with van der Waals surface area (Å²) in [5.41, 5.74) is 1.76. The van der Waals surface area contributed by atoms with Crippen LogP contribution >= 0.6 is 34.8 Å². The van der Waals surface area contributed by atoms with Gasteiger partial charge in [-0.2, -0.15) is 4.31 Å². The molecule has 1 atom stereocenters. The predicted molar refractivity (Wildman–Crippen MR) is 141 cm³/mol. The zero-order valence-corrected chi connectivity index (χ0v) is 21.9. The van der Waals surface area contributed by atoms with Gasteiger partial charge in [-0.1, -0.05) is 34.8 Å². The Hall–Kier alpha value is -2.10. The van der Waals surface area contributed by atoms with Crippen LogP contribution in [-0.4, -0.2) is 49.8 Å². The van der Waals surface area contributed by atoms with Gasteiger partial charge in [0, 0.05) is 53.5 Å². The summed E-state index contributed by atoms with van der Waals surface area (Å²) < 4.78 is 27.5. The first kappa shape index (κ1) is 26.0. The lowest BCUT2D eigenvalue weighted by Gasteiger charge is -2.31. The van der Waals surface area contributed by atoms with Gasteiger partial charge in [0.25, 0.3) is 0 Å². The number of piperidine rings is 1. The van der Waals surface area contributed by atoms with Gasteiger partial charge < -0.3 is 10.6 Å². The number of amides is 1. The molecule has 4 rings (SSSR count). The third-order valence-corrected chi connectivity index (χ3v) is 8.76. The van der Waals surface area contributed by atoms with Crippen LogP contribution in [0.4, 0.5) is 5.69 Å². The molecule has 0 aliphatic carbocycles. The number of fused-ring (bicyclic) bond motifs is 1. The topological polar surface area (TPSA) is 91.4 Å². The second kappa shape index (κ2) is 11.3. The molecule has 1 aliphatic heterocycles. The molecule has 0 bridgehead atoms. The molecule has 1 fully saturated rings. The van der Waals surface area contributed by atoms with Crippen LogP contribution in [0.5, 0.6) is 0 Å². The molecular formula is C24H25Cl3N4O3S. The maximum Gasteiger partial charge on any atom is 0.244 e. The van der Waals surface area contributed by atoms with Gasteiger partial charge in [-0.15, -0.1) is 0 Å². The van der Waals surface area contributed by atoms with Gasteiger partial charge in [0.2, 0.25) is 15.9 Å². The van der Waals surface area contributed by atoms with Crippen LogP contribution in [0, 0.1) is 5.92 Å². The highest BCUT2D eigenvalue weighted by Crippen LogP contribution is 2.30. The third kappa shape index (κ3) is 6.19. The lowest BCUT2D eigenvalue weighted by atomic mass is 9.99. The second-order valence-electron chi connectivity index (χ2n) is 8.37. The maximum atomic E-state index is 13.1. The van der Waals surface area contributed by atoms with Crippen molar-refractivity contribution < 1.29 is 13.2 Å². The van der Waals surface area contributed by atoms with Crippen molar-refractivity contribution in [1.29, 1.82) is 0 Å². The first-order chi connectivity index (χ1) is 16.8. The van der Waals surface area contributed by atoms with Gasteiger partial charge in [-0.05, 0) is 61.7 Å². The summed E-state index contributed by atoms with van der Waals surface area (Å²) in [6.07, 6.45) is 3.65. The summed E-state index contributed by atoms with van der Waals surface area (Å²) in [4.78, 5) is 17.0. The molecule has 1 saturated heterocycles. The van der Waals surface area contributed by atoms with E-state index in [4.69, 9.17) is 34.8 Å². The van der Waals surface area contributed by atoms with E-state index in [2.05, 4.69) is 15.6 Å². The Labute approximate surface area is 219 Å². The van der Waals surface area contributed by atoms with E-state index in [1.165, 1.54) is 22.5 Å². The van der Waals surface area contributed by atoms with Crippen LogP contribution in [0.25, 0.3) is 10.9 Å². The van der Waals surface area contributed by atoms with E-state index in [1.807, 2.05) is 24.3 Å². The molecule has 0 saturated carbocycles. The molecule has 35 heavy (non-hydrogen) atoms. The van der Waals surface area contributed by atoms with Crippen molar-refractivity contribution in [3.8, 4) is 0 Å². The number of sulfonamides is 1. The van der Waals surface area contributed by atoms with Crippen LogP contribution in [0.1, 0.15) is 19.3 Å². The van der Waals surface area contributed by atoms with E-state index in [1.54, 1.807) is 6.20 Å². The van der Waals surface area contributed by atoms with Crippen LogP contribution < -0.4 is 10.6 Å². The smallest absolute Gasteiger partial charge is 0.244 e. The molecule has 11 heteroatoms. The monoisotopic (exact) mass is 554 g/mol. The summed E-state index contributed by atoms with van der Waals surface area (Å²) in [6.45, 7) is 1.58. The van der Waals surface area contributed by atoms with Crippen molar-refractivity contribution in [2.24, 2.45) is 5.92 Å². The Balaban J connectivity index is 1.28. The highest BCUT2D eigenvalue weighted by Gasteiger charge is 2.34. The van der Waals surface area contributed by atoms with Crippen molar-refractivity contribution in [3.63, 3.8) is 0 Å². The summed E-state index contributed by atoms with van der Waals surface area (Å²) in [6, 6.07) is 11.8. The third-order valence-electron chi connectivity index (χ3n) is 5.94. The van der Waals surface area contributed by atoms with Gasteiger partial charge in [0.15, 0.2) is 0 Å². The minimum atomic E-state index is -3.85. The Morgan fingerprint density at radius 3 is 2.66 bits per heavy atom. The number of carbonyl (C=O) groups is 1. The number of nitrogens with zero attached hydrogens (tertiary/aromatic N) is 2. The number of pyridine rings is 1. The number of nitrogens with one attached hydrogen (secondary N) is 2. The lowest BCUT2D eigenvalue weighted by molar-refractivity contribution is -0.126. The van der Waals surface area contributed by atoms with E-state index in [0.717, 1.165) is 16.6 Å². The van der Waals surface area contributed by atoms with E-state index < -0.39 is 15.9 Å². The van der Waals surface area contributed by atoms with Gasteiger partial charge in [0.1, 0.15) is 4.90 Å². The van der Waals surface area contributed by atoms with Crippen LogP contribution in [0.2, 0.25) is 15.1 Å². The van der Waals surface area contributed by atoms with Crippen molar-refractivity contribution in [3.05, 3.63) is 63.7 Å². The van der Waals surface area contributed by atoms with E-state index in [0.29, 0.717) is 43.9 Å². The molecule has 0 spiro atoms. The molecule has 1 amide bonds. The number of hydrogen-bond donors (Lipinski definition) is 2. The first-order valence-corrected chi connectivity index (χ1v) is 13.8. The van der Waals surface area contributed by atoms with Gasteiger partial charge in [0.05, 0.1) is 16.5 Å².